The lowest BCUT2D eigenvalue weighted by Crippen LogP contribution is -2.39. The lowest BCUT2D eigenvalue weighted by molar-refractivity contribution is -0.119. The van der Waals surface area contributed by atoms with Gasteiger partial charge in [-0.25, -0.2) is 13.8 Å². The maximum atomic E-state index is 13.6. The van der Waals surface area contributed by atoms with E-state index in [1.165, 1.54) is 44.7 Å². The second kappa shape index (κ2) is 14.1. The van der Waals surface area contributed by atoms with Gasteiger partial charge in [0.2, 0.25) is 0 Å². The monoisotopic (exact) mass is 555 g/mol. The number of nitrogens with zero attached hydrogens (tertiary/aromatic N) is 2. The molecule has 3 aromatic rings. The van der Waals surface area contributed by atoms with E-state index in [0.717, 1.165) is 10.7 Å². The number of nitrogens with one attached hydrogen (secondary N) is 1. The van der Waals surface area contributed by atoms with Crippen LogP contribution in [0.25, 0.3) is 0 Å². The fraction of sp³-hybridized carbons (Fsp3) is 0.286. The molecule has 1 amide bonds. The lowest BCUT2D eigenvalue weighted by atomic mass is 10.2. The van der Waals surface area contributed by atoms with Crippen molar-refractivity contribution in [3.8, 4) is 23.0 Å². The zero-order valence-electron chi connectivity index (χ0n) is 22.4. The van der Waals surface area contributed by atoms with Crippen LogP contribution in [0.5, 0.6) is 23.0 Å². The van der Waals surface area contributed by atoms with Crippen molar-refractivity contribution in [3.63, 3.8) is 0 Å². The fourth-order valence-electron chi connectivity index (χ4n) is 3.56. The van der Waals surface area contributed by atoms with Gasteiger partial charge in [-0.05, 0) is 73.5 Å². The van der Waals surface area contributed by atoms with Crippen molar-refractivity contribution in [1.29, 1.82) is 0 Å². The van der Waals surface area contributed by atoms with Crippen LogP contribution in [0.3, 0.4) is 0 Å². The van der Waals surface area contributed by atoms with Gasteiger partial charge in [0.25, 0.3) is 15.9 Å². The maximum absolute atomic E-state index is 13.6. The van der Waals surface area contributed by atoms with Gasteiger partial charge in [0.15, 0.2) is 11.5 Å². The Labute approximate surface area is 229 Å². The summed E-state index contributed by atoms with van der Waals surface area (Å²) in [4.78, 5) is 12.9. The number of ether oxygens (including phenoxy) is 4. The van der Waals surface area contributed by atoms with E-state index in [-0.39, 0.29) is 10.6 Å². The van der Waals surface area contributed by atoms with E-state index in [1.54, 1.807) is 42.5 Å². The molecule has 10 nitrogen and oxygen atoms in total. The molecular formula is C28H33N3O7S. The summed E-state index contributed by atoms with van der Waals surface area (Å²) in [6.07, 6.45) is 2.30. The molecule has 0 aliphatic rings. The molecule has 1 N–H and O–H groups in total. The third kappa shape index (κ3) is 7.64. The molecule has 3 aromatic carbocycles. The van der Waals surface area contributed by atoms with Gasteiger partial charge >= 0.3 is 0 Å². The third-order valence-corrected chi connectivity index (χ3v) is 7.19. The summed E-state index contributed by atoms with van der Waals surface area (Å²) < 4.78 is 50.1. The van der Waals surface area contributed by atoms with Crippen molar-refractivity contribution < 1.29 is 32.2 Å². The molecule has 0 bridgehead atoms. The number of hydrogen-bond acceptors (Lipinski definition) is 8. The van der Waals surface area contributed by atoms with Gasteiger partial charge in [0.1, 0.15) is 18.0 Å². The molecule has 0 unspecified atom stereocenters. The first-order chi connectivity index (χ1) is 18.8. The summed E-state index contributed by atoms with van der Waals surface area (Å²) in [7, 11) is -1.24. The largest absolute Gasteiger partial charge is 0.497 e. The van der Waals surface area contributed by atoms with Gasteiger partial charge in [-0.1, -0.05) is 19.1 Å². The second-order valence-electron chi connectivity index (χ2n) is 8.14. The molecule has 3 rings (SSSR count). The van der Waals surface area contributed by atoms with Crippen molar-refractivity contribution in [2.45, 2.75) is 25.2 Å². The predicted octanol–water partition coefficient (Wildman–Crippen LogP) is 4.24. The zero-order valence-corrected chi connectivity index (χ0v) is 23.2. The minimum Gasteiger partial charge on any atom is -0.497 e. The van der Waals surface area contributed by atoms with E-state index >= 15 is 0 Å². The number of carbonyl (C=O) groups excluding carboxylic acids is 1. The molecule has 0 saturated carbocycles. The summed E-state index contributed by atoms with van der Waals surface area (Å²) in [5.74, 6) is 1.33. The van der Waals surface area contributed by atoms with Crippen molar-refractivity contribution in [3.05, 3.63) is 72.3 Å². The average Bonchev–Trinajstić information content (AvgIpc) is 2.95. The SMILES string of the molecule is CCCOc1ccc(/C=N\NC(=O)CN(c2ccccc2OC)S(=O)(=O)c2ccc(OC)cc2)cc1OCC. The summed E-state index contributed by atoms with van der Waals surface area (Å²) in [5, 5.41) is 4.01. The van der Waals surface area contributed by atoms with Gasteiger partial charge in [-0.15, -0.1) is 0 Å². The van der Waals surface area contributed by atoms with Gasteiger partial charge < -0.3 is 18.9 Å². The van der Waals surface area contributed by atoms with Crippen LogP contribution in [-0.2, 0) is 14.8 Å². The number of amides is 1. The smallest absolute Gasteiger partial charge is 0.264 e. The Bertz CT molecular complexity index is 1380. The number of methoxy groups -OCH3 is 2. The molecule has 0 aliphatic heterocycles. The highest BCUT2D eigenvalue weighted by atomic mass is 32.2. The number of para-hydroxylation sites is 2. The Balaban J connectivity index is 1.83. The average molecular weight is 556 g/mol. The molecule has 0 spiro atoms. The van der Waals surface area contributed by atoms with Crippen molar-refractivity contribution in [2.75, 3.05) is 38.3 Å². The molecule has 0 saturated heterocycles. The first-order valence-electron chi connectivity index (χ1n) is 12.3. The minimum absolute atomic E-state index is 0.0145. The van der Waals surface area contributed by atoms with E-state index < -0.39 is 22.5 Å². The Kier molecular flexibility index (Phi) is 10.6. The summed E-state index contributed by atoms with van der Waals surface area (Å²) in [5.41, 5.74) is 3.27. The molecule has 0 heterocycles. The number of benzene rings is 3. The highest BCUT2D eigenvalue weighted by molar-refractivity contribution is 7.92. The summed E-state index contributed by atoms with van der Waals surface area (Å²) >= 11 is 0. The Hall–Kier alpha value is -4.25. The van der Waals surface area contributed by atoms with Crippen molar-refractivity contribution in [1.82, 2.24) is 5.43 Å². The van der Waals surface area contributed by atoms with E-state index in [9.17, 15) is 13.2 Å². The number of anilines is 1. The maximum Gasteiger partial charge on any atom is 0.264 e. The van der Waals surface area contributed by atoms with Gasteiger partial charge in [-0.2, -0.15) is 5.10 Å². The van der Waals surface area contributed by atoms with E-state index in [1.807, 2.05) is 13.8 Å². The summed E-state index contributed by atoms with van der Waals surface area (Å²) in [6.45, 7) is 4.37. The van der Waals surface area contributed by atoms with Crippen LogP contribution in [0.2, 0.25) is 0 Å². The number of carbonyl (C=O) groups is 1. The van der Waals surface area contributed by atoms with Crippen molar-refractivity contribution >= 4 is 27.8 Å². The Morgan fingerprint density at radius 1 is 0.923 bits per heavy atom. The topological polar surface area (TPSA) is 116 Å². The highest BCUT2D eigenvalue weighted by Crippen LogP contribution is 2.32. The minimum atomic E-state index is -4.15. The van der Waals surface area contributed by atoms with Crippen LogP contribution in [-0.4, -0.2) is 54.5 Å². The molecule has 0 fully saturated rings. The van der Waals surface area contributed by atoms with E-state index in [0.29, 0.717) is 41.8 Å². The Morgan fingerprint density at radius 3 is 2.33 bits per heavy atom. The lowest BCUT2D eigenvalue weighted by Gasteiger charge is -2.25. The van der Waals surface area contributed by atoms with Crippen molar-refractivity contribution in [2.24, 2.45) is 5.10 Å². The molecule has 0 aromatic heterocycles. The number of hydrogen-bond donors (Lipinski definition) is 1. The number of rotatable bonds is 14. The molecule has 11 heteroatoms. The van der Waals surface area contributed by atoms with Gasteiger partial charge in [-0.3, -0.25) is 9.10 Å². The van der Waals surface area contributed by atoms with Crippen LogP contribution in [0, 0.1) is 0 Å². The third-order valence-electron chi connectivity index (χ3n) is 5.42. The predicted molar refractivity (Wildman–Crippen MR) is 150 cm³/mol. The quantitative estimate of drug-likeness (QED) is 0.234. The summed E-state index contributed by atoms with van der Waals surface area (Å²) in [6, 6.07) is 17.7. The zero-order chi connectivity index (χ0) is 28.3. The normalized spacial score (nSPS) is 11.2. The Morgan fingerprint density at radius 2 is 1.67 bits per heavy atom. The van der Waals surface area contributed by atoms with Crippen LogP contribution in [0.4, 0.5) is 5.69 Å². The van der Waals surface area contributed by atoms with Crippen LogP contribution in [0.15, 0.2) is 76.7 Å². The molecule has 0 atom stereocenters. The first-order valence-corrected chi connectivity index (χ1v) is 13.8. The van der Waals surface area contributed by atoms with Gasteiger partial charge in [0, 0.05) is 0 Å². The van der Waals surface area contributed by atoms with Gasteiger partial charge in [0.05, 0.1) is 44.2 Å². The molecular weight excluding hydrogens is 522 g/mol. The number of sulfonamides is 1. The second-order valence-corrected chi connectivity index (χ2v) is 10.0. The molecule has 0 radical (unpaired) electrons. The van der Waals surface area contributed by atoms with E-state index in [4.69, 9.17) is 18.9 Å². The fourth-order valence-corrected chi connectivity index (χ4v) is 4.99. The number of hydrazone groups is 1. The molecule has 208 valence electrons. The van der Waals surface area contributed by atoms with E-state index in [2.05, 4.69) is 10.5 Å². The first kappa shape index (κ1) is 29.3. The van der Waals surface area contributed by atoms with Crippen LogP contribution >= 0.6 is 0 Å². The molecule has 0 aliphatic carbocycles. The van der Waals surface area contributed by atoms with Crippen LogP contribution in [0.1, 0.15) is 25.8 Å². The standard InChI is InChI=1S/C28H33N3O7S/c1-5-17-38-26-16-11-21(18-27(26)37-6-2)19-29-30-28(32)20-31(24-9-7-8-10-25(24)36-4)39(33,34)23-14-12-22(35-3)13-15-23/h7-16,18-19H,5-6,17,20H2,1-4H3,(H,30,32)/b29-19-. The molecule has 39 heavy (non-hydrogen) atoms. The van der Waals surface area contributed by atoms with Crippen LogP contribution < -0.4 is 28.7 Å². The highest BCUT2D eigenvalue weighted by Gasteiger charge is 2.29.